The van der Waals surface area contributed by atoms with Crippen LogP contribution in [-0.4, -0.2) is 15.9 Å². The first-order valence-electron chi connectivity index (χ1n) is 7.19. The van der Waals surface area contributed by atoms with Crippen LogP contribution in [0.4, 0.5) is 10.1 Å². The minimum Gasteiger partial charge on any atom is -0.370 e. The fourth-order valence-corrected chi connectivity index (χ4v) is 2.48. The van der Waals surface area contributed by atoms with Gasteiger partial charge in [0.2, 0.25) is 11.6 Å². The number of hydrogen-bond acceptors (Lipinski definition) is 3. The van der Waals surface area contributed by atoms with Gasteiger partial charge in [-0.05, 0) is 29.3 Å². The maximum Gasteiger partial charge on any atom is 0.222 e. The van der Waals surface area contributed by atoms with Crippen molar-refractivity contribution >= 4 is 22.6 Å². The Labute approximate surface area is 137 Å². The van der Waals surface area contributed by atoms with Crippen LogP contribution in [0.3, 0.4) is 0 Å². The van der Waals surface area contributed by atoms with E-state index in [0.29, 0.717) is 16.9 Å². The van der Waals surface area contributed by atoms with Gasteiger partial charge in [0.15, 0.2) is 0 Å². The van der Waals surface area contributed by atoms with Gasteiger partial charge in [-0.3, -0.25) is 4.79 Å². The molecule has 5 N–H and O–H groups in total. The second-order valence-electron chi connectivity index (χ2n) is 5.41. The second-order valence-corrected chi connectivity index (χ2v) is 5.41. The molecule has 0 fully saturated rings. The maximum atomic E-state index is 13.8. The second kappa shape index (κ2) is 6.10. The number of amides is 1. The van der Waals surface area contributed by atoms with Crippen LogP contribution >= 0.6 is 0 Å². The summed E-state index contributed by atoms with van der Waals surface area (Å²) in [7, 11) is 0. The van der Waals surface area contributed by atoms with Gasteiger partial charge < -0.3 is 16.5 Å². The first-order chi connectivity index (χ1) is 11.5. The van der Waals surface area contributed by atoms with Gasteiger partial charge in [-0.25, -0.2) is 14.2 Å². The summed E-state index contributed by atoms with van der Waals surface area (Å²) >= 11 is 0. The summed E-state index contributed by atoms with van der Waals surface area (Å²) in [6, 6.07) is 9.26. The molecule has 1 amide bonds. The average molecular weight is 323 g/mol. The van der Waals surface area contributed by atoms with Crippen LogP contribution < -0.4 is 11.5 Å². The third-order valence-corrected chi connectivity index (χ3v) is 3.67. The maximum absolute atomic E-state index is 13.8. The van der Waals surface area contributed by atoms with Crippen LogP contribution in [-0.2, 0) is 4.79 Å². The number of hydrogen-bond donors (Lipinski definition) is 3. The van der Waals surface area contributed by atoms with Gasteiger partial charge >= 0.3 is 0 Å². The molecule has 1 atom stereocenters. The van der Waals surface area contributed by atoms with Crippen LogP contribution in [0.5, 0.6) is 0 Å². The standard InChI is InChI=1S/C17H14FN5O/c1-21-13-4-2-9(6-11(13)18)10-3-5-14-15(7-10)23-17(22-14)12(19)8-16(20)24/h2-7,12H,8,19H2,(H2,20,24)(H,22,23)/t12-/m0/s1. The van der Waals surface area contributed by atoms with Crippen molar-refractivity contribution in [3.8, 4) is 11.1 Å². The molecule has 2 aromatic carbocycles. The van der Waals surface area contributed by atoms with Gasteiger partial charge in [0, 0.05) is 6.42 Å². The predicted molar refractivity (Wildman–Crippen MR) is 88.5 cm³/mol. The van der Waals surface area contributed by atoms with Crippen molar-refractivity contribution in [2.75, 3.05) is 0 Å². The SMILES string of the molecule is [C-]#[N+]c1ccc(-c2ccc3nc([C@@H](N)CC(N)=O)[nH]c3c2)cc1F. The monoisotopic (exact) mass is 323 g/mol. The number of nitrogens with one attached hydrogen (secondary N) is 1. The lowest BCUT2D eigenvalue weighted by molar-refractivity contribution is -0.118. The molecule has 0 bridgehead atoms. The summed E-state index contributed by atoms with van der Waals surface area (Å²) in [4.78, 5) is 21.5. The molecule has 120 valence electrons. The molecule has 3 rings (SSSR count). The number of aromatic nitrogens is 2. The molecule has 24 heavy (non-hydrogen) atoms. The molecular formula is C17H14FN5O. The number of aromatic amines is 1. The van der Waals surface area contributed by atoms with E-state index in [1.54, 1.807) is 18.2 Å². The highest BCUT2D eigenvalue weighted by molar-refractivity contribution is 5.82. The van der Waals surface area contributed by atoms with Crippen LogP contribution in [0.25, 0.3) is 27.0 Å². The van der Waals surface area contributed by atoms with E-state index >= 15 is 0 Å². The number of carbonyl (C=O) groups is 1. The summed E-state index contributed by atoms with van der Waals surface area (Å²) in [5.41, 5.74) is 13.9. The van der Waals surface area contributed by atoms with Crippen molar-refractivity contribution in [3.05, 3.63) is 59.5 Å². The Hall–Kier alpha value is -3.24. The van der Waals surface area contributed by atoms with E-state index in [-0.39, 0.29) is 12.1 Å². The zero-order valence-electron chi connectivity index (χ0n) is 12.6. The first kappa shape index (κ1) is 15.6. The van der Waals surface area contributed by atoms with E-state index < -0.39 is 17.8 Å². The molecule has 1 heterocycles. The zero-order valence-corrected chi connectivity index (χ0v) is 12.6. The van der Waals surface area contributed by atoms with Gasteiger partial charge in [0.1, 0.15) is 11.6 Å². The third kappa shape index (κ3) is 2.95. The van der Waals surface area contributed by atoms with E-state index in [1.807, 2.05) is 6.07 Å². The number of imidazole rings is 1. The molecule has 6 nitrogen and oxygen atoms in total. The minimum atomic E-state index is -0.603. The van der Waals surface area contributed by atoms with Crippen molar-refractivity contribution < 1.29 is 9.18 Å². The first-order valence-corrected chi connectivity index (χ1v) is 7.19. The highest BCUT2D eigenvalue weighted by atomic mass is 19.1. The Morgan fingerprint density at radius 2 is 2.00 bits per heavy atom. The van der Waals surface area contributed by atoms with Crippen molar-refractivity contribution in [1.29, 1.82) is 0 Å². The number of carbonyl (C=O) groups excluding carboxylic acids is 1. The third-order valence-electron chi connectivity index (χ3n) is 3.67. The van der Waals surface area contributed by atoms with Crippen LogP contribution in [0.15, 0.2) is 36.4 Å². The number of fused-ring (bicyclic) bond motifs is 1. The van der Waals surface area contributed by atoms with Gasteiger partial charge in [0.25, 0.3) is 0 Å². The molecule has 0 aliphatic heterocycles. The lowest BCUT2D eigenvalue weighted by atomic mass is 10.0. The summed E-state index contributed by atoms with van der Waals surface area (Å²) in [5.74, 6) is -0.592. The zero-order chi connectivity index (χ0) is 17.3. The molecule has 1 aromatic heterocycles. The van der Waals surface area contributed by atoms with E-state index in [2.05, 4.69) is 14.8 Å². The number of primary amides is 1. The highest BCUT2D eigenvalue weighted by Crippen LogP contribution is 2.28. The van der Waals surface area contributed by atoms with Crippen LogP contribution in [0.2, 0.25) is 0 Å². The number of H-pyrrole nitrogens is 1. The summed E-state index contributed by atoms with van der Waals surface area (Å²) in [6.45, 7) is 6.89. The van der Waals surface area contributed by atoms with E-state index in [4.69, 9.17) is 18.0 Å². The number of benzene rings is 2. The van der Waals surface area contributed by atoms with E-state index in [0.717, 1.165) is 11.1 Å². The van der Waals surface area contributed by atoms with E-state index in [9.17, 15) is 9.18 Å². The summed E-state index contributed by atoms with van der Waals surface area (Å²) in [5, 5.41) is 0. The summed E-state index contributed by atoms with van der Waals surface area (Å²) in [6.07, 6.45) is -0.00399. The fraction of sp³-hybridized carbons (Fsp3) is 0.118. The minimum absolute atomic E-state index is 0.00399. The van der Waals surface area contributed by atoms with Gasteiger partial charge in [-0.1, -0.05) is 18.2 Å². The Balaban J connectivity index is 1.98. The van der Waals surface area contributed by atoms with Crippen LogP contribution in [0.1, 0.15) is 18.3 Å². The number of halogens is 1. The lowest BCUT2D eigenvalue weighted by Crippen LogP contribution is -2.21. The fourth-order valence-electron chi connectivity index (χ4n) is 2.48. The van der Waals surface area contributed by atoms with Crippen molar-refractivity contribution in [3.63, 3.8) is 0 Å². The number of rotatable bonds is 4. The molecule has 0 radical (unpaired) electrons. The Bertz CT molecular complexity index is 973. The average Bonchev–Trinajstić information content (AvgIpc) is 2.97. The molecule has 0 saturated heterocycles. The highest BCUT2D eigenvalue weighted by Gasteiger charge is 2.14. The Morgan fingerprint density at radius 1 is 1.29 bits per heavy atom. The quantitative estimate of drug-likeness (QED) is 0.643. The Morgan fingerprint density at radius 3 is 2.67 bits per heavy atom. The summed E-state index contributed by atoms with van der Waals surface area (Å²) < 4.78 is 13.8. The topological polar surface area (TPSA) is 102 Å². The van der Waals surface area contributed by atoms with Crippen molar-refractivity contribution in [1.82, 2.24) is 9.97 Å². The molecular weight excluding hydrogens is 309 g/mol. The molecule has 0 aliphatic carbocycles. The normalized spacial score (nSPS) is 12.0. The molecule has 0 saturated carbocycles. The van der Waals surface area contributed by atoms with Gasteiger partial charge in [-0.2, -0.15) is 0 Å². The van der Waals surface area contributed by atoms with E-state index in [1.165, 1.54) is 12.1 Å². The molecule has 7 heteroatoms. The van der Waals surface area contributed by atoms with Gasteiger partial charge in [-0.15, -0.1) is 0 Å². The largest absolute Gasteiger partial charge is 0.370 e. The smallest absolute Gasteiger partial charge is 0.222 e. The molecule has 0 aliphatic rings. The molecule has 0 spiro atoms. The van der Waals surface area contributed by atoms with Crippen molar-refractivity contribution in [2.45, 2.75) is 12.5 Å². The number of nitrogens with two attached hydrogens (primary N) is 2. The van der Waals surface area contributed by atoms with Crippen LogP contribution in [0, 0.1) is 12.4 Å². The lowest BCUT2D eigenvalue weighted by Gasteiger charge is -2.04. The molecule has 3 aromatic rings. The van der Waals surface area contributed by atoms with Gasteiger partial charge in [0.05, 0.1) is 23.6 Å². The predicted octanol–water partition coefficient (Wildman–Crippen LogP) is 2.79. The Kier molecular flexibility index (Phi) is 3.98. The number of nitrogens with zero attached hydrogens (tertiary/aromatic N) is 2. The van der Waals surface area contributed by atoms with Crippen molar-refractivity contribution in [2.24, 2.45) is 11.5 Å². The molecule has 0 unspecified atom stereocenters.